The highest BCUT2D eigenvalue weighted by Gasteiger charge is 1.97. The van der Waals surface area contributed by atoms with Crippen LogP contribution in [0.4, 0.5) is 0 Å². The van der Waals surface area contributed by atoms with E-state index in [9.17, 15) is 0 Å². The summed E-state index contributed by atoms with van der Waals surface area (Å²) in [7, 11) is 0. The van der Waals surface area contributed by atoms with Crippen LogP contribution < -0.4 is 0 Å². The molecule has 0 aliphatic heterocycles. The lowest BCUT2D eigenvalue weighted by molar-refractivity contribution is 1.34. The summed E-state index contributed by atoms with van der Waals surface area (Å²) in [5, 5.41) is 2.51. The second kappa shape index (κ2) is 3.01. The summed E-state index contributed by atoms with van der Waals surface area (Å²) >= 11 is 2.31. The Hall–Kier alpha value is -0.640. The van der Waals surface area contributed by atoms with Crippen LogP contribution in [0, 0.1) is 10.5 Å². The van der Waals surface area contributed by atoms with Crippen molar-refractivity contribution in [2.45, 2.75) is 6.92 Å². The van der Waals surface area contributed by atoms with E-state index < -0.39 is 0 Å². The molecule has 0 unspecified atom stereocenters. The Bertz CT molecular complexity index is 423. The van der Waals surface area contributed by atoms with Gasteiger partial charge >= 0.3 is 0 Å². The SMILES string of the molecule is Cc1ccc2cncc(I)c2c1. The number of hydrogen-bond donors (Lipinski definition) is 0. The summed E-state index contributed by atoms with van der Waals surface area (Å²) in [5.74, 6) is 0. The molecule has 0 bridgehead atoms. The van der Waals surface area contributed by atoms with Crippen molar-refractivity contribution in [2.75, 3.05) is 0 Å². The third-order valence-electron chi connectivity index (χ3n) is 1.87. The van der Waals surface area contributed by atoms with Crippen molar-refractivity contribution in [2.24, 2.45) is 0 Å². The molecule has 0 amide bonds. The van der Waals surface area contributed by atoms with Gasteiger partial charge in [0.1, 0.15) is 0 Å². The van der Waals surface area contributed by atoms with E-state index in [4.69, 9.17) is 0 Å². The highest BCUT2D eigenvalue weighted by Crippen LogP contribution is 2.19. The quantitative estimate of drug-likeness (QED) is 0.669. The van der Waals surface area contributed by atoms with Crippen LogP contribution >= 0.6 is 22.6 Å². The fourth-order valence-corrected chi connectivity index (χ4v) is 1.87. The number of pyridine rings is 1. The Kier molecular flexibility index (Phi) is 2.00. The van der Waals surface area contributed by atoms with E-state index in [1.807, 2.05) is 12.4 Å². The second-order valence-corrected chi connectivity index (χ2v) is 4.01. The number of rotatable bonds is 0. The molecule has 0 spiro atoms. The fraction of sp³-hybridized carbons (Fsp3) is 0.100. The van der Waals surface area contributed by atoms with Gasteiger partial charge < -0.3 is 0 Å². The van der Waals surface area contributed by atoms with Crippen LogP contribution in [0.15, 0.2) is 30.6 Å². The molecule has 1 aromatic heterocycles. The lowest BCUT2D eigenvalue weighted by atomic mass is 10.1. The second-order valence-electron chi connectivity index (χ2n) is 2.85. The van der Waals surface area contributed by atoms with Crippen LogP contribution in [0.3, 0.4) is 0 Å². The largest absolute Gasteiger partial charge is 0.263 e. The normalized spacial score (nSPS) is 10.5. The van der Waals surface area contributed by atoms with Gasteiger partial charge in [-0.2, -0.15) is 0 Å². The van der Waals surface area contributed by atoms with E-state index in [-0.39, 0.29) is 0 Å². The summed E-state index contributed by atoms with van der Waals surface area (Å²) in [6.45, 7) is 2.11. The number of fused-ring (bicyclic) bond motifs is 1. The van der Waals surface area contributed by atoms with Crippen LogP contribution in [0.25, 0.3) is 10.8 Å². The molecule has 0 aliphatic carbocycles. The van der Waals surface area contributed by atoms with Crippen molar-refractivity contribution in [1.29, 1.82) is 0 Å². The average molecular weight is 269 g/mol. The minimum atomic E-state index is 1.22. The van der Waals surface area contributed by atoms with Crippen molar-refractivity contribution in [1.82, 2.24) is 4.98 Å². The van der Waals surface area contributed by atoms with Gasteiger partial charge in [0.05, 0.1) is 0 Å². The maximum absolute atomic E-state index is 4.13. The van der Waals surface area contributed by atoms with Gasteiger partial charge in [-0.3, -0.25) is 4.98 Å². The van der Waals surface area contributed by atoms with Crippen LogP contribution in [-0.4, -0.2) is 4.98 Å². The van der Waals surface area contributed by atoms with E-state index in [2.05, 4.69) is 52.7 Å². The van der Waals surface area contributed by atoms with Gasteiger partial charge in [0.25, 0.3) is 0 Å². The van der Waals surface area contributed by atoms with Crippen LogP contribution in [0.2, 0.25) is 0 Å². The molecule has 2 heteroatoms. The first-order chi connectivity index (χ1) is 5.77. The molecule has 0 saturated carbocycles. The fourth-order valence-electron chi connectivity index (χ4n) is 1.24. The molecule has 2 aromatic rings. The first-order valence-electron chi connectivity index (χ1n) is 3.77. The maximum Gasteiger partial charge on any atom is 0.0408 e. The first kappa shape index (κ1) is 7.98. The molecule has 0 atom stereocenters. The van der Waals surface area contributed by atoms with Crippen LogP contribution in [-0.2, 0) is 0 Å². The minimum Gasteiger partial charge on any atom is -0.263 e. The third kappa shape index (κ3) is 1.31. The molecular weight excluding hydrogens is 261 g/mol. The lowest BCUT2D eigenvalue weighted by Crippen LogP contribution is -1.81. The predicted octanol–water partition coefficient (Wildman–Crippen LogP) is 3.15. The average Bonchev–Trinajstić information content (AvgIpc) is 2.07. The zero-order valence-corrected chi connectivity index (χ0v) is 8.87. The Morgan fingerprint density at radius 2 is 2.08 bits per heavy atom. The molecule has 1 heterocycles. The Morgan fingerprint density at radius 1 is 1.25 bits per heavy atom. The minimum absolute atomic E-state index is 1.22. The summed E-state index contributed by atoms with van der Waals surface area (Å²) in [4.78, 5) is 4.13. The topological polar surface area (TPSA) is 12.9 Å². The Morgan fingerprint density at radius 3 is 2.92 bits per heavy atom. The number of halogens is 1. The van der Waals surface area contributed by atoms with Gasteiger partial charge in [-0.1, -0.05) is 23.8 Å². The molecule has 0 N–H and O–H groups in total. The first-order valence-corrected chi connectivity index (χ1v) is 4.85. The van der Waals surface area contributed by atoms with Crippen LogP contribution in [0.5, 0.6) is 0 Å². The van der Waals surface area contributed by atoms with E-state index in [1.54, 1.807) is 0 Å². The van der Waals surface area contributed by atoms with Crippen LogP contribution in [0.1, 0.15) is 5.56 Å². The van der Waals surface area contributed by atoms with E-state index in [0.717, 1.165) is 0 Å². The molecule has 1 aromatic carbocycles. The monoisotopic (exact) mass is 269 g/mol. The van der Waals surface area contributed by atoms with Crippen molar-refractivity contribution in [3.63, 3.8) is 0 Å². The van der Waals surface area contributed by atoms with Gasteiger partial charge in [0.15, 0.2) is 0 Å². The molecule has 0 fully saturated rings. The highest BCUT2D eigenvalue weighted by molar-refractivity contribution is 14.1. The molecule has 2 rings (SSSR count). The Labute approximate surface area is 85.0 Å². The number of nitrogens with zero attached hydrogens (tertiary/aromatic N) is 1. The van der Waals surface area contributed by atoms with Crippen molar-refractivity contribution in [3.8, 4) is 0 Å². The lowest BCUT2D eigenvalue weighted by Gasteiger charge is -2.00. The van der Waals surface area contributed by atoms with Gasteiger partial charge in [-0.25, -0.2) is 0 Å². The predicted molar refractivity (Wildman–Crippen MR) is 59.2 cm³/mol. The molecular formula is C10H8IN. The van der Waals surface area contributed by atoms with Crippen molar-refractivity contribution in [3.05, 3.63) is 39.7 Å². The number of benzene rings is 1. The maximum atomic E-state index is 4.13. The zero-order valence-electron chi connectivity index (χ0n) is 6.71. The molecule has 12 heavy (non-hydrogen) atoms. The Balaban J connectivity index is 2.88. The summed E-state index contributed by atoms with van der Waals surface area (Å²) in [5.41, 5.74) is 1.30. The van der Waals surface area contributed by atoms with Gasteiger partial charge in [-0.15, -0.1) is 0 Å². The molecule has 1 nitrogen and oxygen atoms in total. The highest BCUT2D eigenvalue weighted by atomic mass is 127. The van der Waals surface area contributed by atoms with Gasteiger partial charge in [-0.05, 0) is 34.9 Å². The standard InChI is InChI=1S/C10H8IN/c1-7-2-3-8-5-12-6-10(11)9(8)4-7/h2-6H,1H3. The zero-order chi connectivity index (χ0) is 8.55. The third-order valence-corrected chi connectivity index (χ3v) is 2.73. The number of hydrogen-bond acceptors (Lipinski definition) is 1. The summed E-state index contributed by atoms with van der Waals surface area (Å²) in [6.07, 6.45) is 3.79. The van der Waals surface area contributed by atoms with Gasteiger partial charge in [0.2, 0.25) is 0 Å². The van der Waals surface area contributed by atoms with E-state index in [1.165, 1.54) is 19.9 Å². The smallest absolute Gasteiger partial charge is 0.0408 e. The molecule has 0 aliphatic rings. The summed E-state index contributed by atoms with van der Waals surface area (Å²) < 4.78 is 1.22. The van der Waals surface area contributed by atoms with Gasteiger partial charge in [0, 0.05) is 21.4 Å². The summed E-state index contributed by atoms with van der Waals surface area (Å²) in [6, 6.07) is 6.42. The number of aromatic nitrogens is 1. The van der Waals surface area contributed by atoms with Crippen molar-refractivity contribution >= 4 is 33.4 Å². The molecule has 60 valence electrons. The molecule has 0 radical (unpaired) electrons. The van der Waals surface area contributed by atoms with E-state index in [0.29, 0.717) is 0 Å². The van der Waals surface area contributed by atoms with Crippen molar-refractivity contribution < 1.29 is 0 Å². The number of aryl methyl sites for hydroxylation is 1. The molecule has 0 saturated heterocycles. The van der Waals surface area contributed by atoms with E-state index >= 15 is 0 Å².